The van der Waals surface area contributed by atoms with Crippen molar-refractivity contribution < 1.29 is 24.1 Å². The van der Waals surface area contributed by atoms with Gasteiger partial charge in [0.25, 0.3) is 5.91 Å². The molecule has 0 bridgehead atoms. The summed E-state index contributed by atoms with van der Waals surface area (Å²) in [6.45, 7) is 13.4. The zero-order chi connectivity index (χ0) is 34.2. The second-order valence-electron chi connectivity index (χ2n) is 11.7. The Morgan fingerprint density at radius 3 is 2.38 bits per heavy atom. The van der Waals surface area contributed by atoms with Gasteiger partial charge in [-0.1, -0.05) is 60.7 Å². The normalized spacial score (nSPS) is 16.5. The van der Waals surface area contributed by atoms with Gasteiger partial charge >= 0.3 is 0 Å². The molecule has 3 rings (SSSR count). The van der Waals surface area contributed by atoms with Crippen LogP contribution in [-0.4, -0.2) is 92.2 Å². The molecule has 1 saturated heterocycles. The number of carbonyl (C=O) groups is 1. The third-order valence-electron chi connectivity index (χ3n) is 7.78. The number of aliphatic hydroxyl groups excluding tert-OH is 1. The molecule has 254 valence electrons. The number of nitrogens with zero attached hydrogens (tertiary/aromatic N) is 3. The topological polar surface area (TPSA) is 95.9 Å². The smallest absolute Gasteiger partial charge is 0.287 e. The number of allylic oxidation sites excluding steroid dienone is 2. The van der Waals surface area contributed by atoms with Gasteiger partial charge in [0.1, 0.15) is 11.6 Å². The Balaban J connectivity index is 1.52. The Kier molecular flexibility index (Phi) is 15.6. The largest absolute Gasteiger partial charge is 0.451 e. The predicted octanol–water partition coefficient (Wildman–Crippen LogP) is 5.87. The van der Waals surface area contributed by atoms with Crippen LogP contribution >= 0.6 is 0 Å². The zero-order valence-electron chi connectivity index (χ0n) is 29.0. The van der Waals surface area contributed by atoms with Crippen molar-refractivity contribution in [3.05, 3.63) is 102 Å². The number of piperazine rings is 1. The summed E-state index contributed by atoms with van der Waals surface area (Å²) < 4.78 is 17.2. The van der Waals surface area contributed by atoms with E-state index in [1.807, 2.05) is 95.3 Å². The first-order valence-corrected chi connectivity index (χ1v) is 16.2. The molecule has 3 atom stereocenters. The number of carbonyl (C=O) groups excluding carboxylic acids is 1. The van der Waals surface area contributed by atoms with Gasteiger partial charge < -0.3 is 29.5 Å². The highest BCUT2D eigenvalue weighted by Crippen LogP contribution is 2.28. The van der Waals surface area contributed by atoms with Crippen molar-refractivity contribution in [3.63, 3.8) is 0 Å². The molecule has 1 aliphatic heterocycles. The number of hydrogen-bond donors (Lipinski definition) is 2. The number of methoxy groups -OCH3 is 1. The van der Waals surface area contributed by atoms with Crippen LogP contribution in [0.2, 0.25) is 0 Å². The average molecular weight is 645 g/mol. The number of aliphatic imine (C=N–C) groups is 1. The summed E-state index contributed by atoms with van der Waals surface area (Å²) in [7, 11) is 3.24. The maximum absolute atomic E-state index is 13.3. The van der Waals surface area contributed by atoms with E-state index in [4.69, 9.17) is 14.2 Å². The molecule has 47 heavy (non-hydrogen) atoms. The van der Waals surface area contributed by atoms with E-state index >= 15 is 0 Å². The SMILES string of the molecule is C/C=C\CC(/C=C/C(O)OC)OCN1CCN(C(/C=C\C(C)NC(=O)C(Oc2ccc(-c3ccccc3)cc2C)=C(C)C)=NC)CC1. The van der Waals surface area contributed by atoms with Gasteiger partial charge in [-0.15, -0.1) is 0 Å². The number of hydrogen-bond acceptors (Lipinski definition) is 7. The van der Waals surface area contributed by atoms with Crippen molar-refractivity contribution in [1.29, 1.82) is 0 Å². The Hall–Kier alpha value is -4.02. The number of aryl methyl sites for hydroxylation is 1. The zero-order valence-corrected chi connectivity index (χ0v) is 29.0. The number of benzene rings is 2. The van der Waals surface area contributed by atoms with E-state index in [9.17, 15) is 9.90 Å². The first kappa shape index (κ1) is 37.4. The predicted molar refractivity (Wildman–Crippen MR) is 190 cm³/mol. The summed E-state index contributed by atoms with van der Waals surface area (Å²) in [6.07, 6.45) is 11.0. The highest BCUT2D eigenvalue weighted by molar-refractivity contribution is 5.94. The van der Waals surface area contributed by atoms with Gasteiger partial charge in [0, 0.05) is 46.4 Å². The van der Waals surface area contributed by atoms with E-state index in [0.717, 1.165) is 60.7 Å². The van der Waals surface area contributed by atoms with Gasteiger partial charge in [0.2, 0.25) is 0 Å². The van der Waals surface area contributed by atoms with Crippen LogP contribution in [0.25, 0.3) is 11.1 Å². The van der Waals surface area contributed by atoms with Crippen molar-refractivity contribution in [2.45, 2.75) is 59.5 Å². The molecule has 0 saturated carbocycles. The van der Waals surface area contributed by atoms with Crippen LogP contribution in [0.5, 0.6) is 5.75 Å². The summed E-state index contributed by atoms with van der Waals surface area (Å²) in [5.74, 6) is 1.54. The van der Waals surface area contributed by atoms with Crippen molar-refractivity contribution in [2.75, 3.05) is 47.1 Å². The second kappa shape index (κ2) is 19.6. The fraction of sp³-hybridized carbons (Fsp3) is 0.421. The van der Waals surface area contributed by atoms with Gasteiger partial charge in [0.15, 0.2) is 12.0 Å². The first-order chi connectivity index (χ1) is 22.6. The van der Waals surface area contributed by atoms with Crippen molar-refractivity contribution in [3.8, 4) is 16.9 Å². The van der Waals surface area contributed by atoms with Crippen LogP contribution in [0.15, 0.2) is 101 Å². The second-order valence-corrected chi connectivity index (χ2v) is 11.7. The third-order valence-corrected chi connectivity index (χ3v) is 7.78. The number of amidine groups is 1. The first-order valence-electron chi connectivity index (χ1n) is 16.2. The maximum Gasteiger partial charge on any atom is 0.287 e. The summed E-state index contributed by atoms with van der Waals surface area (Å²) in [6, 6.07) is 15.9. The average Bonchev–Trinajstić information content (AvgIpc) is 3.08. The molecule has 9 heteroatoms. The molecule has 9 nitrogen and oxygen atoms in total. The molecule has 1 aliphatic rings. The van der Waals surface area contributed by atoms with Crippen LogP contribution in [0, 0.1) is 6.92 Å². The standard InChI is InChI=1S/C38H52N4O5/c1-8-9-15-33(18-21-36(43)45-7)46-27-41-22-24-42(25-23-41)35(39-6)20-16-30(5)40-38(44)37(28(2)3)47-34-19-17-32(26-29(34)4)31-13-11-10-12-14-31/h8-14,16-21,26,30,33,36,43H,15,22-25,27H2,1-7H3,(H,40,44)/b9-8-,20-16-,21-18+,39-35?. The van der Waals surface area contributed by atoms with Crippen LogP contribution in [0.1, 0.15) is 39.7 Å². The molecule has 0 aromatic heterocycles. The molecule has 0 radical (unpaired) electrons. The monoisotopic (exact) mass is 644 g/mol. The van der Waals surface area contributed by atoms with Crippen LogP contribution in [-0.2, 0) is 14.3 Å². The van der Waals surface area contributed by atoms with E-state index in [2.05, 4.69) is 38.3 Å². The van der Waals surface area contributed by atoms with Crippen LogP contribution in [0.4, 0.5) is 0 Å². The summed E-state index contributed by atoms with van der Waals surface area (Å²) in [5.41, 5.74) is 3.97. The summed E-state index contributed by atoms with van der Waals surface area (Å²) in [4.78, 5) is 22.3. The molecule has 1 heterocycles. The minimum atomic E-state index is -0.943. The van der Waals surface area contributed by atoms with E-state index in [1.54, 1.807) is 13.1 Å². The van der Waals surface area contributed by atoms with Crippen molar-refractivity contribution in [2.24, 2.45) is 4.99 Å². The fourth-order valence-corrected chi connectivity index (χ4v) is 5.01. The number of ether oxygens (including phenoxy) is 3. The Labute approximate surface area is 280 Å². The number of rotatable bonds is 15. The van der Waals surface area contributed by atoms with Gasteiger partial charge in [-0.3, -0.25) is 14.7 Å². The quantitative estimate of drug-likeness (QED) is 0.0625. The molecule has 0 aliphatic carbocycles. The molecular weight excluding hydrogens is 592 g/mol. The van der Waals surface area contributed by atoms with E-state index in [0.29, 0.717) is 18.2 Å². The lowest BCUT2D eigenvalue weighted by Gasteiger charge is -2.36. The number of aliphatic hydroxyl groups is 1. The lowest BCUT2D eigenvalue weighted by atomic mass is 10.0. The molecule has 1 amide bonds. The Morgan fingerprint density at radius 2 is 1.77 bits per heavy atom. The summed E-state index contributed by atoms with van der Waals surface area (Å²) in [5, 5.41) is 12.7. The van der Waals surface area contributed by atoms with Crippen LogP contribution in [0.3, 0.4) is 0 Å². The van der Waals surface area contributed by atoms with E-state index in [-0.39, 0.29) is 18.1 Å². The van der Waals surface area contributed by atoms with E-state index in [1.165, 1.54) is 7.11 Å². The van der Waals surface area contributed by atoms with Gasteiger partial charge in [-0.25, -0.2) is 0 Å². The lowest BCUT2D eigenvalue weighted by Crippen LogP contribution is -2.49. The Morgan fingerprint density at radius 1 is 1.04 bits per heavy atom. The fourth-order valence-electron chi connectivity index (χ4n) is 5.01. The highest BCUT2D eigenvalue weighted by Gasteiger charge is 2.20. The summed E-state index contributed by atoms with van der Waals surface area (Å²) >= 11 is 0. The van der Waals surface area contributed by atoms with Gasteiger partial charge in [-0.2, -0.15) is 0 Å². The highest BCUT2D eigenvalue weighted by atomic mass is 16.6. The molecular formula is C38H52N4O5. The molecule has 1 fully saturated rings. The van der Waals surface area contributed by atoms with Crippen molar-refractivity contribution in [1.82, 2.24) is 15.1 Å². The van der Waals surface area contributed by atoms with Gasteiger partial charge in [0.05, 0.1) is 12.8 Å². The minimum absolute atomic E-state index is 0.150. The molecule has 3 unspecified atom stereocenters. The molecule has 2 aromatic rings. The third kappa shape index (κ3) is 12.3. The molecule has 2 N–H and O–H groups in total. The number of amides is 1. The van der Waals surface area contributed by atoms with Gasteiger partial charge in [-0.05, 0) is 87.6 Å². The van der Waals surface area contributed by atoms with Crippen molar-refractivity contribution >= 4 is 11.7 Å². The minimum Gasteiger partial charge on any atom is -0.451 e. The lowest BCUT2D eigenvalue weighted by molar-refractivity contribution is -0.119. The maximum atomic E-state index is 13.3. The Bertz CT molecular complexity index is 1420. The molecule has 0 spiro atoms. The van der Waals surface area contributed by atoms with E-state index < -0.39 is 6.29 Å². The van der Waals surface area contributed by atoms with Crippen LogP contribution < -0.4 is 10.1 Å². The number of nitrogens with one attached hydrogen (secondary N) is 1. The molecule has 2 aromatic carbocycles.